The Morgan fingerprint density at radius 3 is 2.28 bits per heavy atom. The summed E-state index contributed by atoms with van der Waals surface area (Å²) in [4.78, 5) is 43.1. The molecule has 12 nitrogen and oxygen atoms in total. The number of piperidine rings is 1. The van der Waals surface area contributed by atoms with Crippen LogP contribution in [0.2, 0.25) is 0 Å². The number of carbonyl (C=O) groups is 2. The number of nitrogen functional groups attached to an aromatic ring is 1. The maximum absolute atomic E-state index is 12.8. The highest BCUT2D eigenvalue weighted by Crippen LogP contribution is 2.39. The highest BCUT2D eigenvalue weighted by atomic mass is 16.7. The third-order valence-corrected chi connectivity index (χ3v) is 10.4. The average Bonchev–Trinajstić information content (AvgIpc) is 3.54. The Morgan fingerprint density at radius 2 is 1.52 bits per heavy atom. The third-order valence-electron chi connectivity index (χ3n) is 10.4. The van der Waals surface area contributed by atoms with E-state index in [1.807, 2.05) is 77.4 Å². The second kappa shape index (κ2) is 17.3. The summed E-state index contributed by atoms with van der Waals surface area (Å²) in [6.45, 7) is 2.80. The van der Waals surface area contributed by atoms with E-state index in [0.717, 1.165) is 65.8 Å². The average molecular weight is 733 g/mol. The first-order valence-electron chi connectivity index (χ1n) is 18.7. The summed E-state index contributed by atoms with van der Waals surface area (Å²) in [5.74, 6) is -0.306. The van der Waals surface area contributed by atoms with E-state index in [2.05, 4.69) is 20.5 Å². The van der Waals surface area contributed by atoms with Gasteiger partial charge in [-0.1, -0.05) is 72.8 Å². The van der Waals surface area contributed by atoms with Crippen LogP contribution in [0.15, 0.2) is 102 Å². The van der Waals surface area contributed by atoms with Gasteiger partial charge in [0.2, 0.25) is 11.8 Å². The van der Waals surface area contributed by atoms with Crippen LogP contribution in [-0.2, 0) is 32.2 Å². The Hall–Kier alpha value is -5.27. The van der Waals surface area contributed by atoms with Gasteiger partial charge in [-0.15, -0.1) is 0 Å². The zero-order valence-corrected chi connectivity index (χ0v) is 30.3. The van der Waals surface area contributed by atoms with Gasteiger partial charge >= 0.3 is 5.69 Å². The van der Waals surface area contributed by atoms with Crippen LogP contribution in [0.1, 0.15) is 79.2 Å². The maximum atomic E-state index is 12.8. The number of hydrogen-bond donors (Lipinski definition) is 5. The van der Waals surface area contributed by atoms with Gasteiger partial charge < -0.3 is 40.8 Å². The van der Waals surface area contributed by atoms with Gasteiger partial charge in [0, 0.05) is 57.0 Å². The molecular formula is C42H48N6O6. The molecule has 3 atom stereocenters. The second-order valence-corrected chi connectivity index (χ2v) is 14.2. The fraction of sp³-hybridized carbons (Fsp3) is 0.357. The molecule has 6 N–H and O–H groups in total. The lowest BCUT2D eigenvalue weighted by molar-refractivity contribution is -0.253. The number of aliphatic hydroxyl groups is 1. The van der Waals surface area contributed by atoms with Gasteiger partial charge in [0.25, 0.3) is 0 Å². The van der Waals surface area contributed by atoms with Crippen molar-refractivity contribution in [3.63, 3.8) is 0 Å². The van der Waals surface area contributed by atoms with Gasteiger partial charge in [-0.3, -0.25) is 14.2 Å². The molecule has 0 aliphatic carbocycles. The number of benzene rings is 4. The van der Waals surface area contributed by atoms with Gasteiger partial charge in [0.1, 0.15) is 0 Å². The van der Waals surface area contributed by atoms with Crippen LogP contribution in [0.4, 0.5) is 11.4 Å². The lowest BCUT2D eigenvalue weighted by Gasteiger charge is -2.40. The predicted octanol–water partition coefficient (Wildman–Crippen LogP) is 5.71. The zero-order chi connectivity index (χ0) is 37.4. The van der Waals surface area contributed by atoms with E-state index in [1.54, 1.807) is 24.3 Å². The lowest BCUT2D eigenvalue weighted by Crippen LogP contribution is -2.43. The molecule has 2 fully saturated rings. The number of nitrogens with zero attached hydrogens (tertiary/aromatic N) is 2. The molecular weight excluding hydrogens is 684 g/mol. The Morgan fingerprint density at radius 1 is 0.833 bits per heavy atom. The van der Waals surface area contributed by atoms with Crippen molar-refractivity contribution in [3.05, 3.63) is 130 Å². The predicted molar refractivity (Wildman–Crippen MR) is 207 cm³/mol. The topological polar surface area (TPSA) is 164 Å². The number of hydrogen-bond acceptors (Lipinski definition) is 8. The molecule has 2 saturated heterocycles. The number of nitrogens with one attached hydrogen (secondary N) is 3. The minimum absolute atomic E-state index is 0.0184. The number of para-hydroxylation sites is 4. The Bertz CT molecular complexity index is 2090. The molecule has 2 aliphatic rings. The number of amides is 2. The van der Waals surface area contributed by atoms with Gasteiger partial charge in [0.05, 0.1) is 41.2 Å². The van der Waals surface area contributed by atoms with E-state index >= 15 is 0 Å². The minimum atomic E-state index is -0.588. The lowest BCUT2D eigenvalue weighted by atomic mass is 9.98. The summed E-state index contributed by atoms with van der Waals surface area (Å²) in [5.41, 5.74) is 12.4. The molecule has 54 heavy (non-hydrogen) atoms. The number of nitrogens with two attached hydrogens (primary N) is 1. The maximum Gasteiger partial charge on any atom is 0.326 e. The summed E-state index contributed by atoms with van der Waals surface area (Å²) in [7, 11) is 0. The van der Waals surface area contributed by atoms with Gasteiger partial charge in [-0.25, -0.2) is 4.79 Å². The first kappa shape index (κ1) is 37.1. The normalized spacial score (nSPS) is 19.5. The number of likely N-dealkylation sites (tertiary alicyclic amines) is 1. The van der Waals surface area contributed by atoms with E-state index in [4.69, 9.17) is 15.2 Å². The van der Waals surface area contributed by atoms with E-state index in [1.165, 1.54) is 0 Å². The Balaban J connectivity index is 0.934. The Labute approximate surface area is 314 Å². The van der Waals surface area contributed by atoms with Crippen molar-refractivity contribution < 1.29 is 24.2 Å². The quantitative estimate of drug-likeness (QED) is 0.0962. The van der Waals surface area contributed by atoms with Crippen molar-refractivity contribution in [2.24, 2.45) is 0 Å². The molecule has 282 valence electrons. The smallest absolute Gasteiger partial charge is 0.326 e. The van der Waals surface area contributed by atoms with Crippen LogP contribution in [0.5, 0.6) is 0 Å². The number of ether oxygens (including phenoxy) is 2. The highest BCUT2D eigenvalue weighted by Gasteiger charge is 2.34. The molecule has 2 amide bonds. The number of carbonyl (C=O) groups excluding carboxylic acids is 2. The highest BCUT2D eigenvalue weighted by molar-refractivity contribution is 5.94. The van der Waals surface area contributed by atoms with E-state index < -0.39 is 6.29 Å². The molecule has 0 bridgehead atoms. The number of H-pyrrole nitrogens is 1. The van der Waals surface area contributed by atoms with Gasteiger partial charge in [0.15, 0.2) is 6.29 Å². The number of fused-ring (bicyclic) bond motifs is 1. The largest absolute Gasteiger partial charge is 0.397 e. The molecule has 0 spiro atoms. The van der Waals surface area contributed by atoms with E-state index in [-0.39, 0.29) is 55.2 Å². The number of aromatic amines is 1. The second-order valence-electron chi connectivity index (χ2n) is 14.2. The number of imidazole rings is 1. The number of rotatable bonds is 13. The van der Waals surface area contributed by atoms with Crippen molar-refractivity contribution in [2.45, 2.75) is 76.2 Å². The number of aromatic nitrogens is 2. The Kier molecular flexibility index (Phi) is 11.8. The van der Waals surface area contributed by atoms with Crippen molar-refractivity contribution in [3.8, 4) is 0 Å². The first-order chi connectivity index (χ1) is 26.3. The summed E-state index contributed by atoms with van der Waals surface area (Å²) < 4.78 is 15.1. The van der Waals surface area contributed by atoms with E-state index in [9.17, 15) is 19.5 Å². The molecule has 3 heterocycles. The van der Waals surface area contributed by atoms with Crippen molar-refractivity contribution in [1.29, 1.82) is 0 Å². The molecule has 5 aromatic rings. The van der Waals surface area contributed by atoms with Gasteiger partial charge in [-0.2, -0.15) is 0 Å². The van der Waals surface area contributed by atoms with Crippen molar-refractivity contribution in [2.75, 3.05) is 30.7 Å². The molecule has 4 aromatic carbocycles. The summed E-state index contributed by atoms with van der Waals surface area (Å²) in [5, 5.41) is 15.3. The number of aliphatic hydroxyl groups excluding tert-OH is 1. The van der Waals surface area contributed by atoms with Crippen LogP contribution in [0, 0.1) is 0 Å². The minimum Gasteiger partial charge on any atom is -0.397 e. The van der Waals surface area contributed by atoms with Crippen molar-refractivity contribution >= 4 is 34.2 Å². The van der Waals surface area contributed by atoms with Crippen LogP contribution in [0.3, 0.4) is 0 Å². The van der Waals surface area contributed by atoms with Crippen LogP contribution in [-0.4, -0.2) is 57.1 Å². The molecule has 0 radical (unpaired) electrons. The van der Waals surface area contributed by atoms with Crippen LogP contribution in [0.25, 0.3) is 11.0 Å². The number of anilines is 2. The molecule has 0 unspecified atom stereocenters. The monoisotopic (exact) mass is 732 g/mol. The molecule has 1 aromatic heterocycles. The molecule has 12 heteroatoms. The fourth-order valence-electron chi connectivity index (χ4n) is 7.43. The standard InChI is InChI=1S/C42H48N6O6/c43-34-6-1-2-7-35(34)45-40(51)11-5-10-39(50)44-25-28-12-18-31(19-13-28)41-53-33(24-38(54-41)30-16-14-29(27-49)15-17-30)26-47-22-20-32(21-23-47)48-37-9-4-3-8-36(37)46-42(48)52/h1-4,6-9,12-19,32-33,38,41,49H,5,10-11,20-27,43H2,(H,44,50)(H,45,51)(H,46,52)/t33-,38+,41+/m0/s1. The summed E-state index contributed by atoms with van der Waals surface area (Å²) >= 11 is 0. The summed E-state index contributed by atoms with van der Waals surface area (Å²) in [6.07, 6.45) is 2.43. The van der Waals surface area contributed by atoms with Crippen molar-refractivity contribution in [1.82, 2.24) is 19.8 Å². The fourth-order valence-corrected chi connectivity index (χ4v) is 7.43. The first-order valence-corrected chi connectivity index (χ1v) is 18.7. The van der Waals surface area contributed by atoms with Gasteiger partial charge in [-0.05, 0) is 60.2 Å². The van der Waals surface area contributed by atoms with E-state index in [0.29, 0.717) is 30.8 Å². The molecule has 0 saturated carbocycles. The zero-order valence-electron chi connectivity index (χ0n) is 30.3. The third kappa shape index (κ3) is 9.08. The van der Waals surface area contributed by atoms with Crippen LogP contribution >= 0.6 is 0 Å². The SMILES string of the molecule is Nc1ccccc1NC(=O)CCCC(=O)NCc1ccc([C@@H]2O[C@H](CN3CCC(n4c(=O)[nH]c5ccccc54)CC3)C[C@H](c3ccc(CO)cc3)O2)cc1. The molecule has 2 aliphatic heterocycles. The molecule has 7 rings (SSSR count). The van der Waals surface area contributed by atoms with Crippen LogP contribution < -0.4 is 22.1 Å². The summed E-state index contributed by atoms with van der Waals surface area (Å²) in [6, 6.07) is 30.8.